The van der Waals surface area contributed by atoms with E-state index in [4.69, 9.17) is 17.3 Å². The van der Waals surface area contributed by atoms with Crippen molar-refractivity contribution < 1.29 is 0 Å². The number of halogens is 1. The van der Waals surface area contributed by atoms with Crippen molar-refractivity contribution in [2.75, 3.05) is 5.73 Å². The van der Waals surface area contributed by atoms with Crippen LogP contribution < -0.4 is 5.73 Å². The summed E-state index contributed by atoms with van der Waals surface area (Å²) in [6.07, 6.45) is 0. The van der Waals surface area contributed by atoms with Crippen LogP contribution in [-0.2, 0) is 0 Å². The van der Waals surface area contributed by atoms with E-state index < -0.39 is 0 Å². The number of nitrogens with two attached hydrogens (primary N) is 1. The van der Waals surface area contributed by atoms with E-state index in [2.05, 4.69) is 18.8 Å². The van der Waals surface area contributed by atoms with Gasteiger partial charge in [-0.3, -0.25) is 0 Å². The van der Waals surface area contributed by atoms with Gasteiger partial charge in [-0.25, -0.2) is 4.98 Å². The molecule has 0 aliphatic carbocycles. The van der Waals surface area contributed by atoms with Gasteiger partial charge in [0.05, 0.1) is 25.9 Å². The van der Waals surface area contributed by atoms with Crippen molar-refractivity contribution in [1.29, 1.82) is 0 Å². The molecule has 0 radical (unpaired) electrons. The Hall–Kier alpha value is -0.800. The van der Waals surface area contributed by atoms with Crippen molar-refractivity contribution in [2.24, 2.45) is 0 Å². The largest absolute Gasteiger partial charge is 0.397 e. The molecular formula is C10H11ClN2S. The van der Waals surface area contributed by atoms with E-state index in [0.717, 1.165) is 15.2 Å². The van der Waals surface area contributed by atoms with Gasteiger partial charge in [-0.15, -0.1) is 11.3 Å². The Morgan fingerprint density at radius 1 is 1.43 bits per heavy atom. The molecule has 0 saturated carbocycles. The van der Waals surface area contributed by atoms with Crippen molar-refractivity contribution in [3.63, 3.8) is 0 Å². The van der Waals surface area contributed by atoms with Crippen LogP contribution in [0, 0.1) is 0 Å². The molecule has 4 heteroatoms. The average molecular weight is 227 g/mol. The van der Waals surface area contributed by atoms with Crippen molar-refractivity contribution in [2.45, 2.75) is 19.8 Å². The topological polar surface area (TPSA) is 38.9 Å². The first-order valence-corrected chi connectivity index (χ1v) is 5.63. The van der Waals surface area contributed by atoms with E-state index >= 15 is 0 Å². The van der Waals surface area contributed by atoms with E-state index in [0.29, 0.717) is 16.6 Å². The zero-order valence-corrected chi connectivity index (χ0v) is 9.62. The third-order valence-electron chi connectivity index (χ3n) is 2.02. The molecule has 0 atom stereocenters. The van der Waals surface area contributed by atoms with Crippen LogP contribution >= 0.6 is 22.9 Å². The van der Waals surface area contributed by atoms with Crippen LogP contribution in [-0.4, -0.2) is 4.98 Å². The number of nitrogens with zero attached hydrogens (tertiary/aromatic N) is 1. The molecule has 0 aliphatic rings. The van der Waals surface area contributed by atoms with Gasteiger partial charge in [-0.1, -0.05) is 25.4 Å². The number of nitrogen functional groups attached to an aromatic ring is 1. The highest BCUT2D eigenvalue weighted by molar-refractivity contribution is 7.18. The Balaban J connectivity index is 2.66. The van der Waals surface area contributed by atoms with Crippen molar-refractivity contribution in [3.05, 3.63) is 22.2 Å². The van der Waals surface area contributed by atoms with E-state index in [1.165, 1.54) is 0 Å². The second-order valence-electron chi connectivity index (χ2n) is 3.55. The fourth-order valence-electron chi connectivity index (χ4n) is 1.23. The van der Waals surface area contributed by atoms with Gasteiger partial charge in [-0.05, 0) is 12.1 Å². The number of fused-ring (bicyclic) bond motifs is 1. The van der Waals surface area contributed by atoms with Crippen LogP contribution in [0.15, 0.2) is 12.1 Å². The molecule has 0 unspecified atom stereocenters. The van der Waals surface area contributed by atoms with Crippen molar-refractivity contribution in [3.8, 4) is 0 Å². The lowest BCUT2D eigenvalue weighted by Crippen LogP contribution is -1.85. The lowest BCUT2D eigenvalue weighted by Gasteiger charge is -1.95. The normalized spacial score (nSPS) is 11.4. The molecule has 0 spiro atoms. The maximum Gasteiger partial charge on any atom is 0.0964 e. The molecule has 2 nitrogen and oxygen atoms in total. The maximum atomic E-state index is 5.92. The minimum atomic E-state index is 0.451. The fourth-order valence-corrected chi connectivity index (χ4v) is 2.39. The third-order valence-corrected chi connectivity index (χ3v) is 3.66. The Kier molecular flexibility index (Phi) is 2.37. The maximum absolute atomic E-state index is 5.92. The average Bonchev–Trinajstić information content (AvgIpc) is 2.48. The zero-order valence-electron chi connectivity index (χ0n) is 8.04. The summed E-state index contributed by atoms with van der Waals surface area (Å²) in [4.78, 5) is 4.49. The summed E-state index contributed by atoms with van der Waals surface area (Å²) in [5.74, 6) is 0.451. The number of thiazole rings is 1. The summed E-state index contributed by atoms with van der Waals surface area (Å²) in [6.45, 7) is 4.26. The molecule has 1 aromatic heterocycles. The van der Waals surface area contributed by atoms with Crippen LogP contribution in [0.4, 0.5) is 5.69 Å². The molecule has 2 N–H and O–H groups in total. The summed E-state index contributed by atoms with van der Waals surface area (Å²) in [5.41, 5.74) is 7.28. The molecule has 0 saturated heterocycles. The van der Waals surface area contributed by atoms with Gasteiger partial charge in [0.25, 0.3) is 0 Å². The van der Waals surface area contributed by atoms with Gasteiger partial charge in [0.15, 0.2) is 0 Å². The number of rotatable bonds is 1. The highest BCUT2D eigenvalue weighted by Crippen LogP contribution is 2.32. The van der Waals surface area contributed by atoms with E-state index in [9.17, 15) is 0 Å². The Labute approximate surface area is 91.7 Å². The molecular weight excluding hydrogens is 216 g/mol. The Morgan fingerprint density at radius 3 is 2.79 bits per heavy atom. The predicted molar refractivity (Wildman–Crippen MR) is 63.1 cm³/mol. The molecule has 14 heavy (non-hydrogen) atoms. The first kappa shape index (κ1) is 9.74. The first-order valence-electron chi connectivity index (χ1n) is 4.43. The highest BCUT2D eigenvalue weighted by atomic mass is 35.5. The lowest BCUT2D eigenvalue weighted by molar-refractivity contribution is 0.857. The predicted octanol–water partition coefficient (Wildman–Crippen LogP) is 3.66. The molecule has 2 aromatic rings. The van der Waals surface area contributed by atoms with E-state index in [-0.39, 0.29) is 0 Å². The number of hydrogen-bond donors (Lipinski definition) is 1. The monoisotopic (exact) mass is 226 g/mol. The van der Waals surface area contributed by atoms with Gasteiger partial charge < -0.3 is 5.73 Å². The van der Waals surface area contributed by atoms with E-state index in [1.54, 1.807) is 11.3 Å². The molecule has 74 valence electrons. The van der Waals surface area contributed by atoms with Gasteiger partial charge in [0, 0.05) is 5.92 Å². The number of benzene rings is 1. The molecule has 0 fully saturated rings. The lowest BCUT2D eigenvalue weighted by atomic mass is 10.2. The summed E-state index contributed by atoms with van der Waals surface area (Å²) in [6, 6.07) is 3.72. The summed E-state index contributed by atoms with van der Waals surface area (Å²) in [5, 5.41) is 1.71. The van der Waals surface area contributed by atoms with Gasteiger partial charge in [0.1, 0.15) is 0 Å². The van der Waals surface area contributed by atoms with Crippen molar-refractivity contribution >= 4 is 38.8 Å². The molecule has 0 amide bonds. The molecule has 0 bridgehead atoms. The number of hydrogen-bond acceptors (Lipinski definition) is 3. The third kappa shape index (κ3) is 1.57. The van der Waals surface area contributed by atoms with E-state index in [1.807, 2.05) is 12.1 Å². The van der Waals surface area contributed by atoms with Gasteiger partial charge in [0.2, 0.25) is 0 Å². The summed E-state index contributed by atoms with van der Waals surface area (Å²) in [7, 11) is 0. The fraction of sp³-hybridized carbons (Fsp3) is 0.300. The molecule has 2 rings (SSSR count). The zero-order chi connectivity index (χ0) is 10.3. The minimum absolute atomic E-state index is 0.451. The van der Waals surface area contributed by atoms with Crippen LogP contribution in [0.25, 0.3) is 10.2 Å². The highest BCUT2D eigenvalue weighted by Gasteiger charge is 2.08. The van der Waals surface area contributed by atoms with Crippen LogP contribution in [0.2, 0.25) is 5.02 Å². The molecule has 1 heterocycles. The number of anilines is 1. The van der Waals surface area contributed by atoms with Gasteiger partial charge >= 0.3 is 0 Å². The molecule has 0 aliphatic heterocycles. The Morgan fingerprint density at radius 2 is 2.14 bits per heavy atom. The number of aromatic nitrogens is 1. The standard InChI is InChI=1S/C10H11ClN2S/c1-5(2)10-13-8-3-6(11)7(12)4-9(8)14-10/h3-5H,12H2,1-2H3. The van der Waals surface area contributed by atoms with Crippen LogP contribution in [0.1, 0.15) is 24.8 Å². The Bertz CT molecular complexity index is 437. The van der Waals surface area contributed by atoms with Crippen molar-refractivity contribution in [1.82, 2.24) is 4.98 Å². The first-order chi connectivity index (χ1) is 6.58. The quantitative estimate of drug-likeness (QED) is 0.754. The second kappa shape index (κ2) is 3.41. The van der Waals surface area contributed by atoms with Gasteiger partial charge in [-0.2, -0.15) is 0 Å². The minimum Gasteiger partial charge on any atom is -0.397 e. The summed E-state index contributed by atoms with van der Waals surface area (Å²) >= 11 is 7.59. The summed E-state index contributed by atoms with van der Waals surface area (Å²) < 4.78 is 1.11. The molecule has 1 aromatic carbocycles. The second-order valence-corrected chi connectivity index (χ2v) is 5.02. The van der Waals surface area contributed by atoms with Crippen LogP contribution in [0.5, 0.6) is 0 Å². The SMILES string of the molecule is CC(C)c1nc2cc(Cl)c(N)cc2s1. The van der Waals surface area contributed by atoms with Crippen LogP contribution in [0.3, 0.4) is 0 Å². The smallest absolute Gasteiger partial charge is 0.0964 e.